The van der Waals surface area contributed by atoms with E-state index in [9.17, 15) is 0 Å². The third-order valence-electron chi connectivity index (χ3n) is 0. The first-order valence-electron chi connectivity index (χ1n) is 2.92. The Kier molecular flexibility index (Phi) is 42.2. The van der Waals surface area contributed by atoms with Gasteiger partial charge in [0.25, 0.3) is 0 Å². The molecule has 0 aromatic rings. The molecule has 0 aromatic carbocycles. The Hall–Kier alpha value is 4.41. The van der Waals surface area contributed by atoms with E-state index in [1.54, 1.807) is 0 Å². The first-order valence-corrected chi connectivity index (χ1v) is 8.76. The molecule has 0 amide bonds. The third-order valence-corrected chi connectivity index (χ3v) is 0. The molecule has 0 saturated carbocycles. The van der Waals surface area contributed by atoms with Crippen LogP contribution < -0.4 is 58.7 Å². The summed E-state index contributed by atoms with van der Waals surface area (Å²) < 4.78 is 34.2. The van der Waals surface area contributed by atoms with Gasteiger partial charge in [0.15, 0.2) is 0 Å². The van der Waals surface area contributed by atoms with Crippen molar-refractivity contribution in [2.45, 2.75) is 0 Å². The summed E-state index contributed by atoms with van der Waals surface area (Å²) in [6.07, 6.45) is 0. The summed E-state index contributed by atoms with van der Waals surface area (Å²) >= 11 is 0. The van der Waals surface area contributed by atoms with E-state index in [1.807, 2.05) is 0 Å². The molecule has 23 heavy (non-hydrogen) atoms. The van der Waals surface area contributed by atoms with E-state index in [1.165, 1.54) is 0 Å². The van der Waals surface area contributed by atoms with Crippen molar-refractivity contribution in [3.63, 3.8) is 0 Å². The summed E-state index contributed by atoms with van der Waals surface area (Å²) in [6.45, 7) is 0. The van der Waals surface area contributed by atoms with Crippen molar-refractivity contribution in [1.82, 2.24) is 0 Å². The Bertz CT molecular complexity index is 292. The first kappa shape index (κ1) is 45.9. The molecule has 0 fully saturated rings. The molecular weight excluding hydrogens is 1080 g/mol. The Morgan fingerprint density at radius 3 is 0.304 bits per heavy atom. The van der Waals surface area contributed by atoms with Crippen molar-refractivity contribution < 1.29 is 197 Å². The van der Waals surface area contributed by atoms with E-state index < -0.39 is 31.3 Å². The van der Waals surface area contributed by atoms with Crippen LogP contribution in [0.15, 0.2) is 0 Å². The smallest absolute Gasteiger partial charge is 0.822 e. The average molecular weight is 1080 g/mol. The first-order chi connectivity index (χ1) is 8.00. The molecule has 134 valence electrons. The van der Waals surface area contributed by atoms with Crippen molar-refractivity contribution in [2.75, 3.05) is 0 Å². The van der Waals surface area contributed by atoms with Gasteiger partial charge in [-0.1, -0.05) is 0 Å². The Morgan fingerprint density at radius 1 is 0.304 bits per heavy atom. The molecule has 0 radical (unpaired) electrons. The minimum absolute atomic E-state index is 0. The van der Waals surface area contributed by atoms with Gasteiger partial charge in [0, 0.05) is 0 Å². The molecule has 0 aliphatic carbocycles. The Labute approximate surface area is 224 Å². The molecule has 0 heterocycles. The van der Waals surface area contributed by atoms with Gasteiger partial charge in [-0.3, -0.25) is 0 Å². The zero-order valence-corrected chi connectivity index (χ0v) is 25.7. The maximum atomic E-state index is 8.55. The van der Waals surface area contributed by atoms with Crippen LogP contribution in [-0.4, -0.2) is 0 Å². The third kappa shape index (κ3) is 808. The molecule has 16 nitrogen and oxygen atoms in total. The predicted octanol–water partition coefficient (Wildman–Crippen LogP) is -11.3. The molecule has 0 aliphatic rings. The summed E-state index contributed by atoms with van der Waals surface area (Å²) in [5.74, 6) is 0. The fourth-order valence-corrected chi connectivity index (χ4v) is 0. The minimum Gasteiger partial charge on any atom is -0.822 e. The second-order valence-corrected chi connectivity index (χ2v) is 5.37. The van der Waals surface area contributed by atoms with Crippen molar-refractivity contribution >= 4 is 31.3 Å². The molecule has 0 atom stereocenters. The molecule has 0 N–H and O–H groups in total. The molecule has 0 spiro atoms. The second kappa shape index (κ2) is 21.1. The van der Waals surface area contributed by atoms with Crippen LogP contribution in [0.4, 0.5) is 0 Å². The molecule has 0 rings (SSSR count). The van der Waals surface area contributed by atoms with Gasteiger partial charge >= 0.3 is 120 Å². The number of rotatable bonds is 0. The van der Waals surface area contributed by atoms with Gasteiger partial charge in [0.2, 0.25) is 0 Å². The van der Waals surface area contributed by atoms with Crippen molar-refractivity contribution in [1.29, 1.82) is 0 Å². The number of hydrogen-bond acceptors (Lipinski definition) is 16. The Morgan fingerprint density at radius 2 is 0.304 bits per heavy atom. The van der Waals surface area contributed by atoms with Gasteiger partial charge in [-0.2, -0.15) is 31.3 Å². The van der Waals surface area contributed by atoms with Gasteiger partial charge < -0.3 is 77.0 Å². The van der Waals surface area contributed by atoms with E-state index in [0.29, 0.717) is 0 Å². The quantitative estimate of drug-likeness (QED) is 0.203. The van der Waals surface area contributed by atoms with Crippen LogP contribution in [-0.2, 0) is 18.3 Å². The van der Waals surface area contributed by atoms with Crippen LogP contribution in [0.1, 0.15) is 0 Å². The molecule has 0 aliphatic heterocycles. The summed E-state index contributed by atoms with van der Waals surface area (Å²) in [6, 6.07) is 0. The maximum absolute atomic E-state index is 8.55. The van der Waals surface area contributed by atoms with Gasteiger partial charge in [0.1, 0.15) is 0 Å². The van der Waals surface area contributed by atoms with Gasteiger partial charge in [-0.05, 0) is 0 Å². The molecule has 0 unspecified atom stereocenters. The van der Waals surface area contributed by atoms with Crippen LogP contribution in [0.5, 0.6) is 0 Å². The Balaban J connectivity index is -0.0000000284. The van der Waals surface area contributed by atoms with Crippen molar-refractivity contribution in [2.24, 2.45) is 0 Å². The van der Waals surface area contributed by atoms with E-state index in [-0.39, 0.29) is 120 Å². The summed E-state index contributed by atoms with van der Waals surface area (Å²) in [5.41, 5.74) is 0. The van der Waals surface area contributed by atoms with E-state index in [0.717, 1.165) is 0 Å². The zero-order chi connectivity index (χ0) is 18.0. The fraction of sp³-hybridized carbons (Fsp3) is 0. The summed E-state index contributed by atoms with van der Waals surface area (Å²) in [5, 5.41) is 0. The fourth-order valence-electron chi connectivity index (χ4n) is 0. The molecule has 23 heteroatoms. The van der Waals surface area contributed by atoms with Gasteiger partial charge in [-0.15, -0.1) is 0 Å². The van der Waals surface area contributed by atoms with Crippen LogP contribution in [0, 0.1) is 120 Å². The van der Waals surface area contributed by atoms with Crippen LogP contribution >= 0.6 is 31.3 Å². The standard InChI is InChI=1S/4H3O4P.3Th/c4*1-5(2,3)4;;;/h4*(H3,1,2,3,4);;;/q;;;;3*+2/p-12. The monoisotopic (exact) mass is 1080 g/mol. The van der Waals surface area contributed by atoms with Crippen LogP contribution in [0.2, 0.25) is 0 Å². The van der Waals surface area contributed by atoms with Gasteiger partial charge in [0.05, 0.1) is 0 Å². The second-order valence-electron chi connectivity index (χ2n) is 1.79. The largest absolute Gasteiger partial charge is 2.00 e. The molecule has 0 bridgehead atoms. The van der Waals surface area contributed by atoms with E-state index in [4.69, 9.17) is 77.0 Å². The SMILES string of the molecule is O=P([O-])([O-])[O-].O=P([O-])([O-])[O-].O=P([O-])([O-])[O-].O=P([O-])([O-])[O-].[Th+2].[Th+2].[Th+2]. The number of hydrogen-bond donors (Lipinski definition) is 0. The summed E-state index contributed by atoms with van der Waals surface area (Å²) in [7, 11) is -21.6. The topological polar surface area (TPSA) is 345 Å². The van der Waals surface area contributed by atoms with E-state index in [2.05, 4.69) is 0 Å². The number of phosphoric acid groups is 4. The van der Waals surface area contributed by atoms with Crippen LogP contribution in [0.25, 0.3) is 0 Å². The van der Waals surface area contributed by atoms with E-state index >= 15 is 0 Å². The minimum atomic E-state index is -5.39. The summed E-state index contributed by atoms with van der Waals surface area (Å²) in [4.78, 5) is 103. The normalized spacial score (nSPS) is 10.3. The molecular formula is O16P4Th3-6. The average Bonchev–Trinajstić information content (AvgIpc) is 1.62. The van der Waals surface area contributed by atoms with Crippen LogP contribution in [0.3, 0.4) is 0 Å². The molecule has 0 saturated heterocycles. The van der Waals surface area contributed by atoms with Crippen molar-refractivity contribution in [3.05, 3.63) is 0 Å². The van der Waals surface area contributed by atoms with Gasteiger partial charge in [-0.25, -0.2) is 0 Å². The van der Waals surface area contributed by atoms with Crippen molar-refractivity contribution in [3.8, 4) is 0 Å². The predicted molar refractivity (Wildman–Crippen MR) is 30.4 cm³/mol. The molecule has 0 aromatic heterocycles. The zero-order valence-electron chi connectivity index (χ0n) is 9.82. The maximum Gasteiger partial charge on any atom is 2.00 e.